The largest absolute Gasteiger partial charge is 0.337 e. The maximum absolute atomic E-state index is 12.6. The molecule has 0 radical (unpaired) electrons. The molecule has 0 unspecified atom stereocenters. The summed E-state index contributed by atoms with van der Waals surface area (Å²) >= 11 is 6.36. The first-order valence-corrected chi connectivity index (χ1v) is 13.6. The molecule has 178 valence electrons. The van der Waals surface area contributed by atoms with Crippen molar-refractivity contribution in [3.05, 3.63) is 28.3 Å². The lowest BCUT2D eigenvalue weighted by Gasteiger charge is -2.15. The lowest BCUT2D eigenvalue weighted by molar-refractivity contribution is 0.246. The van der Waals surface area contributed by atoms with E-state index in [-0.39, 0.29) is 4.90 Å². The normalized spacial score (nSPS) is 11.7. The van der Waals surface area contributed by atoms with Crippen LogP contribution in [0, 0.1) is 12.8 Å². The summed E-state index contributed by atoms with van der Waals surface area (Å²) in [5.74, 6) is 0.803. The van der Waals surface area contributed by atoms with Gasteiger partial charge in [-0.2, -0.15) is 0 Å². The van der Waals surface area contributed by atoms with Gasteiger partial charge >= 0.3 is 6.03 Å². The third-order valence-corrected chi connectivity index (χ3v) is 7.33. The minimum absolute atomic E-state index is 0.111. The molecule has 0 saturated heterocycles. The second-order valence-electron chi connectivity index (χ2n) is 8.77. The summed E-state index contributed by atoms with van der Waals surface area (Å²) in [5.41, 5.74) is 1.47. The molecule has 1 rings (SSSR count). The van der Waals surface area contributed by atoms with Crippen molar-refractivity contribution >= 4 is 27.7 Å². The summed E-state index contributed by atoms with van der Waals surface area (Å²) in [6.07, 6.45) is 12.6. The SMILES string of the molecule is CCCNC(=O)NS(=O)(=O)c1ccc(Cl)c(CCCCCCCCCCC(C)C)c1C. The Balaban J connectivity index is 2.51. The molecule has 0 fully saturated rings. The lowest BCUT2D eigenvalue weighted by atomic mass is 10.00. The number of hydrogen-bond donors (Lipinski definition) is 2. The minimum Gasteiger partial charge on any atom is -0.337 e. The molecular weight excluding hydrogens is 432 g/mol. The molecule has 0 heterocycles. The third-order valence-electron chi connectivity index (χ3n) is 5.50. The van der Waals surface area contributed by atoms with Crippen LogP contribution >= 0.6 is 11.6 Å². The van der Waals surface area contributed by atoms with Gasteiger partial charge in [0.15, 0.2) is 0 Å². The summed E-state index contributed by atoms with van der Waals surface area (Å²) < 4.78 is 27.4. The van der Waals surface area contributed by atoms with Gasteiger partial charge in [0, 0.05) is 11.6 Å². The van der Waals surface area contributed by atoms with Crippen molar-refractivity contribution in [2.24, 2.45) is 5.92 Å². The first-order chi connectivity index (χ1) is 14.7. The number of hydrogen-bond acceptors (Lipinski definition) is 3. The van der Waals surface area contributed by atoms with Crippen LogP contribution in [-0.2, 0) is 16.4 Å². The number of carbonyl (C=O) groups is 1. The van der Waals surface area contributed by atoms with Gasteiger partial charge in [-0.1, -0.05) is 83.7 Å². The van der Waals surface area contributed by atoms with E-state index >= 15 is 0 Å². The van der Waals surface area contributed by atoms with E-state index in [1.54, 1.807) is 13.0 Å². The van der Waals surface area contributed by atoms with Gasteiger partial charge in [-0.05, 0) is 55.4 Å². The average molecular weight is 473 g/mol. The van der Waals surface area contributed by atoms with Crippen LogP contribution < -0.4 is 10.0 Å². The molecule has 31 heavy (non-hydrogen) atoms. The number of sulfonamides is 1. The van der Waals surface area contributed by atoms with Crippen molar-refractivity contribution in [3.63, 3.8) is 0 Å². The lowest BCUT2D eigenvalue weighted by Crippen LogP contribution is -2.39. The Hall–Kier alpha value is -1.27. The molecule has 0 aromatic heterocycles. The van der Waals surface area contributed by atoms with Crippen LogP contribution in [0.15, 0.2) is 17.0 Å². The molecule has 5 nitrogen and oxygen atoms in total. The highest BCUT2D eigenvalue weighted by molar-refractivity contribution is 7.90. The number of halogens is 1. The van der Waals surface area contributed by atoms with E-state index in [2.05, 4.69) is 23.9 Å². The van der Waals surface area contributed by atoms with Gasteiger partial charge in [0.2, 0.25) is 0 Å². The zero-order chi connectivity index (χ0) is 23.3. The van der Waals surface area contributed by atoms with E-state index in [1.807, 2.05) is 6.92 Å². The van der Waals surface area contributed by atoms with Crippen molar-refractivity contribution in [2.75, 3.05) is 6.54 Å². The number of urea groups is 1. The Morgan fingerprint density at radius 1 is 1.00 bits per heavy atom. The molecule has 0 aliphatic carbocycles. The van der Waals surface area contributed by atoms with Crippen molar-refractivity contribution in [1.82, 2.24) is 10.0 Å². The van der Waals surface area contributed by atoms with Crippen LogP contribution in [0.1, 0.15) is 96.1 Å². The summed E-state index contributed by atoms with van der Waals surface area (Å²) in [4.78, 5) is 11.9. The molecule has 0 bridgehead atoms. The van der Waals surface area contributed by atoms with Crippen molar-refractivity contribution in [1.29, 1.82) is 0 Å². The summed E-state index contributed by atoms with van der Waals surface area (Å²) in [5, 5.41) is 3.10. The molecule has 1 aromatic rings. The zero-order valence-corrected chi connectivity index (χ0v) is 21.3. The Bertz CT molecular complexity index is 779. The molecule has 2 N–H and O–H groups in total. The molecular formula is C24H41ClN2O3S. The van der Waals surface area contributed by atoms with Gasteiger partial charge in [0.1, 0.15) is 0 Å². The Morgan fingerprint density at radius 3 is 2.16 bits per heavy atom. The van der Waals surface area contributed by atoms with E-state index in [1.165, 1.54) is 51.0 Å². The number of carbonyl (C=O) groups excluding carboxylic acids is 1. The standard InChI is InChI=1S/C24H41ClN2O3S/c1-5-18-26-24(28)27-31(29,30)23-17-16-22(25)21(20(23)4)15-13-11-9-7-6-8-10-12-14-19(2)3/h16-17,19H,5-15,18H2,1-4H3,(H2,26,27,28). The van der Waals surface area contributed by atoms with Crippen molar-refractivity contribution < 1.29 is 13.2 Å². The second-order valence-corrected chi connectivity index (χ2v) is 10.8. The molecule has 2 amide bonds. The van der Waals surface area contributed by atoms with Gasteiger partial charge in [-0.3, -0.25) is 0 Å². The molecule has 0 aliphatic heterocycles. The van der Waals surface area contributed by atoms with Crippen LogP contribution in [0.25, 0.3) is 0 Å². The van der Waals surface area contributed by atoms with E-state index < -0.39 is 16.1 Å². The number of rotatable bonds is 15. The predicted octanol–water partition coefficient (Wildman–Crippen LogP) is 6.76. The highest BCUT2D eigenvalue weighted by atomic mass is 35.5. The van der Waals surface area contributed by atoms with Crippen LogP contribution in [0.2, 0.25) is 5.02 Å². The fraction of sp³-hybridized carbons (Fsp3) is 0.708. The van der Waals surface area contributed by atoms with E-state index in [0.717, 1.165) is 37.2 Å². The van der Waals surface area contributed by atoms with E-state index in [0.29, 0.717) is 17.1 Å². The smallest absolute Gasteiger partial charge is 0.328 e. The zero-order valence-electron chi connectivity index (χ0n) is 19.7. The monoisotopic (exact) mass is 472 g/mol. The molecule has 0 atom stereocenters. The summed E-state index contributed by atoms with van der Waals surface area (Å²) in [7, 11) is -3.94. The predicted molar refractivity (Wildman–Crippen MR) is 130 cm³/mol. The van der Waals surface area contributed by atoms with Crippen LogP contribution in [0.5, 0.6) is 0 Å². The Labute approximate surface area is 194 Å². The van der Waals surface area contributed by atoms with Crippen molar-refractivity contribution in [3.8, 4) is 0 Å². The highest BCUT2D eigenvalue weighted by Gasteiger charge is 2.22. The van der Waals surface area contributed by atoms with E-state index in [9.17, 15) is 13.2 Å². The number of benzene rings is 1. The number of amides is 2. The Kier molecular flexibility index (Phi) is 13.2. The second kappa shape index (κ2) is 14.7. The summed E-state index contributed by atoms with van der Waals surface area (Å²) in [6, 6.07) is 2.37. The fourth-order valence-electron chi connectivity index (χ4n) is 3.67. The first kappa shape index (κ1) is 27.8. The molecule has 1 aromatic carbocycles. The van der Waals surface area contributed by atoms with Crippen LogP contribution in [-0.4, -0.2) is 21.0 Å². The molecule has 0 saturated carbocycles. The minimum atomic E-state index is -3.94. The number of unbranched alkanes of at least 4 members (excludes halogenated alkanes) is 7. The number of nitrogens with one attached hydrogen (secondary N) is 2. The topological polar surface area (TPSA) is 75.3 Å². The maximum Gasteiger partial charge on any atom is 0.328 e. The van der Waals surface area contributed by atoms with Gasteiger partial charge in [0.05, 0.1) is 4.90 Å². The first-order valence-electron chi connectivity index (χ1n) is 11.8. The van der Waals surface area contributed by atoms with Crippen molar-refractivity contribution in [2.45, 2.75) is 103 Å². The Morgan fingerprint density at radius 2 is 1.58 bits per heavy atom. The van der Waals surface area contributed by atoms with E-state index in [4.69, 9.17) is 11.6 Å². The van der Waals surface area contributed by atoms with Gasteiger partial charge in [-0.15, -0.1) is 0 Å². The maximum atomic E-state index is 12.6. The fourth-order valence-corrected chi connectivity index (χ4v) is 5.17. The molecule has 7 heteroatoms. The van der Waals surface area contributed by atoms with Gasteiger partial charge < -0.3 is 5.32 Å². The molecule has 0 spiro atoms. The van der Waals surface area contributed by atoms with Gasteiger partial charge in [0.25, 0.3) is 10.0 Å². The highest BCUT2D eigenvalue weighted by Crippen LogP contribution is 2.28. The van der Waals surface area contributed by atoms with Gasteiger partial charge in [-0.25, -0.2) is 17.9 Å². The third kappa shape index (κ3) is 10.7. The molecule has 0 aliphatic rings. The summed E-state index contributed by atoms with van der Waals surface area (Å²) in [6.45, 7) is 8.64. The quantitative estimate of drug-likeness (QED) is 0.277. The van der Waals surface area contributed by atoms with Crippen LogP contribution in [0.4, 0.5) is 4.79 Å². The van der Waals surface area contributed by atoms with Crippen LogP contribution in [0.3, 0.4) is 0 Å². The average Bonchev–Trinajstić information content (AvgIpc) is 2.69.